The van der Waals surface area contributed by atoms with Crippen molar-refractivity contribution in [3.63, 3.8) is 0 Å². The van der Waals surface area contributed by atoms with Crippen molar-refractivity contribution in [2.75, 3.05) is 19.7 Å². The Balaban J connectivity index is 2.00. The molecule has 16 heavy (non-hydrogen) atoms. The van der Waals surface area contributed by atoms with E-state index in [-0.39, 0.29) is 11.6 Å². The summed E-state index contributed by atoms with van der Waals surface area (Å²) in [6.07, 6.45) is 2.54. The molecule has 1 saturated heterocycles. The van der Waals surface area contributed by atoms with Crippen LogP contribution in [-0.2, 0) is 0 Å². The molecule has 0 bridgehead atoms. The maximum atomic E-state index is 10.7. The summed E-state index contributed by atoms with van der Waals surface area (Å²) in [5, 5.41) is 13.9. The van der Waals surface area contributed by atoms with E-state index in [0.717, 1.165) is 19.5 Å². The highest BCUT2D eigenvalue weighted by Crippen LogP contribution is 2.23. The standard InChI is InChI=1S/C10H13N3O3/c14-13(15)9-2-1-4-12-10(9)16-7-8-3-5-11-6-8/h1-2,4,8,11H,3,5-7H2/t8-/m0/s1. The molecule has 0 unspecified atom stereocenters. The molecule has 1 aromatic rings. The normalized spacial score (nSPS) is 19.6. The van der Waals surface area contributed by atoms with Crippen LogP contribution in [0.5, 0.6) is 5.88 Å². The number of pyridine rings is 1. The third-order valence-electron chi connectivity index (χ3n) is 2.57. The SMILES string of the molecule is O=[N+]([O-])c1cccnc1OC[C@H]1CCNC1. The number of hydrogen-bond donors (Lipinski definition) is 1. The predicted octanol–water partition coefficient (Wildman–Crippen LogP) is 0.978. The minimum absolute atomic E-state index is 0.0755. The molecular formula is C10H13N3O3. The molecule has 86 valence electrons. The Morgan fingerprint density at radius 3 is 3.25 bits per heavy atom. The van der Waals surface area contributed by atoms with Gasteiger partial charge in [0.25, 0.3) is 5.88 Å². The highest BCUT2D eigenvalue weighted by atomic mass is 16.6. The van der Waals surface area contributed by atoms with Gasteiger partial charge in [0.05, 0.1) is 11.5 Å². The average Bonchev–Trinajstić information content (AvgIpc) is 2.79. The fraction of sp³-hybridized carbons (Fsp3) is 0.500. The molecule has 0 saturated carbocycles. The van der Waals surface area contributed by atoms with Gasteiger partial charge in [-0.05, 0) is 19.0 Å². The van der Waals surface area contributed by atoms with E-state index in [1.807, 2.05) is 0 Å². The summed E-state index contributed by atoms with van der Waals surface area (Å²) < 4.78 is 5.39. The third kappa shape index (κ3) is 2.46. The smallest absolute Gasteiger partial charge is 0.330 e. The number of nitrogens with one attached hydrogen (secondary N) is 1. The zero-order valence-electron chi connectivity index (χ0n) is 8.76. The molecule has 0 spiro atoms. The molecule has 1 atom stereocenters. The first-order valence-electron chi connectivity index (χ1n) is 5.20. The Morgan fingerprint density at radius 2 is 2.56 bits per heavy atom. The average molecular weight is 223 g/mol. The maximum absolute atomic E-state index is 10.7. The zero-order valence-corrected chi connectivity index (χ0v) is 8.76. The highest BCUT2D eigenvalue weighted by molar-refractivity contribution is 5.39. The largest absolute Gasteiger partial charge is 0.472 e. The van der Waals surface area contributed by atoms with E-state index in [2.05, 4.69) is 10.3 Å². The Labute approximate surface area is 92.8 Å². The lowest BCUT2D eigenvalue weighted by Crippen LogP contribution is -2.16. The quantitative estimate of drug-likeness (QED) is 0.608. The summed E-state index contributed by atoms with van der Waals surface area (Å²) in [5.74, 6) is 0.529. The summed E-state index contributed by atoms with van der Waals surface area (Å²) in [6, 6.07) is 2.93. The number of nitro groups is 1. The second-order valence-electron chi connectivity index (χ2n) is 3.75. The zero-order chi connectivity index (χ0) is 11.4. The van der Waals surface area contributed by atoms with Gasteiger partial charge in [0.2, 0.25) is 0 Å². The van der Waals surface area contributed by atoms with Crippen molar-refractivity contribution >= 4 is 5.69 Å². The van der Waals surface area contributed by atoms with Crippen molar-refractivity contribution in [3.8, 4) is 5.88 Å². The van der Waals surface area contributed by atoms with E-state index in [1.54, 1.807) is 0 Å². The Kier molecular flexibility index (Phi) is 3.31. The Morgan fingerprint density at radius 1 is 1.69 bits per heavy atom. The van der Waals surface area contributed by atoms with Crippen molar-refractivity contribution in [3.05, 3.63) is 28.4 Å². The molecule has 0 aliphatic carbocycles. The first kappa shape index (κ1) is 10.8. The number of nitrogens with zero attached hydrogens (tertiary/aromatic N) is 2. The van der Waals surface area contributed by atoms with Crippen LogP contribution in [-0.4, -0.2) is 29.6 Å². The van der Waals surface area contributed by atoms with E-state index in [9.17, 15) is 10.1 Å². The van der Waals surface area contributed by atoms with Gasteiger partial charge in [0.1, 0.15) is 0 Å². The minimum atomic E-state index is -0.477. The fourth-order valence-electron chi connectivity index (χ4n) is 1.69. The number of ether oxygens (including phenoxy) is 1. The number of rotatable bonds is 4. The summed E-state index contributed by atoms with van der Waals surface area (Å²) in [4.78, 5) is 14.1. The lowest BCUT2D eigenvalue weighted by atomic mass is 10.1. The van der Waals surface area contributed by atoms with Gasteiger partial charge in [0, 0.05) is 24.7 Å². The van der Waals surface area contributed by atoms with Gasteiger partial charge in [-0.1, -0.05) is 0 Å². The molecule has 1 N–H and O–H groups in total. The summed E-state index contributed by atoms with van der Waals surface area (Å²) in [6.45, 7) is 2.36. The molecule has 1 aromatic heterocycles. The minimum Gasteiger partial charge on any atom is -0.472 e. The molecular weight excluding hydrogens is 210 g/mol. The molecule has 0 amide bonds. The van der Waals surface area contributed by atoms with Crippen LogP contribution in [0.15, 0.2) is 18.3 Å². The van der Waals surface area contributed by atoms with Crippen LogP contribution in [0.25, 0.3) is 0 Å². The summed E-state index contributed by atoms with van der Waals surface area (Å²) in [7, 11) is 0. The highest BCUT2D eigenvalue weighted by Gasteiger charge is 2.19. The van der Waals surface area contributed by atoms with Gasteiger partial charge in [-0.15, -0.1) is 0 Å². The fourth-order valence-corrected chi connectivity index (χ4v) is 1.69. The van der Waals surface area contributed by atoms with Crippen LogP contribution in [0.1, 0.15) is 6.42 Å². The maximum Gasteiger partial charge on any atom is 0.330 e. The van der Waals surface area contributed by atoms with Gasteiger partial charge < -0.3 is 10.1 Å². The second kappa shape index (κ2) is 4.89. The third-order valence-corrected chi connectivity index (χ3v) is 2.57. The molecule has 0 aromatic carbocycles. The van der Waals surface area contributed by atoms with E-state index < -0.39 is 4.92 Å². The van der Waals surface area contributed by atoms with E-state index >= 15 is 0 Å². The number of aromatic nitrogens is 1. The van der Waals surface area contributed by atoms with Crippen molar-refractivity contribution in [1.82, 2.24) is 10.3 Å². The van der Waals surface area contributed by atoms with Gasteiger partial charge in [-0.3, -0.25) is 10.1 Å². The molecule has 1 aliphatic rings. The molecule has 6 nitrogen and oxygen atoms in total. The van der Waals surface area contributed by atoms with E-state index in [0.29, 0.717) is 12.5 Å². The van der Waals surface area contributed by atoms with Crippen molar-refractivity contribution < 1.29 is 9.66 Å². The van der Waals surface area contributed by atoms with Crippen molar-refractivity contribution in [1.29, 1.82) is 0 Å². The molecule has 1 fully saturated rings. The van der Waals surface area contributed by atoms with Crippen molar-refractivity contribution in [2.24, 2.45) is 5.92 Å². The molecule has 6 heteroatoms. The van der Waals surface area contributed by atoms with Crippen LogP contribution in [0, 0.1) is 16.0 Å². The second-order valence-corrected chi connectivity index (χ2v) is 3.75. The molecule has 0 radical (unpaired) electrons. The van der Waals surface area contributed by atoms with Crippen molar-refractivity contribution in [2.45, 2.75) is 6.42 Å². The molecule has 1 aliphatic heterocycles. The Bertz CT molecular complexity index is 377. The lowest BCUT2D eigenvalue weighted by molar-refractivity contribution is -0.386. The van der Waals surface area contributed by atoms with Crippen LogP contribution in [0.4, 0.5) is 5.69 Å². The van der Waals surface area contributed by atoms with Crippen LogP contribution < -0.4 is 10.1 Å². The van der Waals surface area contributed by atoms with Gasteiger partial charge >= 0.3 is 5.69 Å². The molecule has 2 rings (SSSR count). The van der Waals surface area contributed by atoms with Gasteiger partial charge in [0.15, 0.2) is 0 Å². The van der Waals surface area contributed by atoms with E-state index in [4.69, 9.17) is 4.74 Å². The Hall–Kier alpha value is -1.69. The van der Waals surface area contributed by atoms with Crippen LogP contribution in [0.2, 0.25) is 0 Å². The first-order valence-corrected chi connectivity index (χ1v) is 5.20. The number of hydrogen-bond acceptors (Lipinski definition) is 5. The van der Waals surface area contributed by atoms with E-state index in [1.165, 1.54) is 18.3 Å². The first-order chi connectivity index (χ1) is 7.77. The topological polar surface area (TPSA) is 77.3 Å². The van der Waals surface area contributed by atoms with Gasteiger partial charge in [-0.25, -0.2) is 4.98 Å². The lowest BCUT2D eigenvalue weighted by Gasteiger charge is -2.09. The predicted molar refractivity (Wildman–Crippen MR) is 57.4 cm³/mol. The summed E-state index contributed by atoms with van der Waals surface area (Å²) >= 11 is 0. The van der Waals surface area contributed by atoms with Crippen LogP contribution >= 0.6 is 0 Å². The monoisotopic (exact) mass is 223 g/mol. The van der Waals surface area contributed by atoms with Crippen LogP contribution in [0.3, 0.4) is 0 Å². The molecule has 2 heterocycles. The summed E-state index contributed by atoms with van der Waals surface area (Å²) in [5.41, 5.74) is -0.0755. The van der Waals surface area contributed by atoms with Gasteiger partial charge in [-0.2, -0.15) is 0 Å².